The van der Waals surface area contributed by atoms with E-state index < -0.39 is 5.97 Å². The van der Waals surface area contributed by atoms with Gasteiger partial charge in [-0.05, 0) is 37.3 Å². The van der Waals surface area contributed by atoms with Crippen molar-refractivity contribution >= 4 is 39.5 Å². The molecule has 2 aromatic heterocycles. The van der Waals surface area contributed by atoms with Gasteiger partial charge in [-0.1, -0.05) is 12.1 Å². The maximum absolute atomic E-state index is 12.3. The van der Waals surface area contributed by atoms with E-state index in [-0.39, 0.29) is 18.6 Å². The highest BCUT2D eigenvalue weighted by Gasteiger charge is 2.21. The van der Waals surface area contributed by atoms with Gasteiger partial charge in [-0.25, -0.2) is 9.78 Å². The molecule has 0 unspecified atom stereocenters. The van der Waals surface area contributed by atoms with Crippen LogP contribution in [0.4, 0.5) is 0 Å². The highest BCUT2D eigenvalue weighted by molar-refractivity contribution is 7.18. The number of likely N-dealkylation sites (N-methyl/N-ethyl adjacent to an activating group) is 1. The molecule has 1 atom stereocenters. The van der Waals surface area contributed by atoms with E-state index in [1.807, 2.05) is 31.2 Å². The number of ether oxygens (including phenoxy) is 1. The van der Waals surface area contributed by atoms with Crippen LogP contribution in [-0.2, 0) is 14.3 Å². The summed E-state index contributed by atoms with van der Waals surface area (Å²) in [6, 6.07) is 11.0. The van der Waals surface area contributed by atoms with E-state index in [0.29, 0.717) is 5.76 Å². The second-order valence-electron chi connectivity index (χ2n) is 5.66. The van der Waals surface area contributed by atoms with Crippen LogP contribution in [0, 0.1) is 0 Å². The molecule has 1 aromatic carbocycles. The molecule has 0 aliphatic carbocycles. The molecule has 0 aliphatic rings. The molecule has 0 spiro atoms. The third kappa shape index (κ3) is 4.18. The number of carbonyl (C=O) groups excluding carboxylic acids is 2. The normalized spacial score (nSPS) is 12.4. The summed E-state index contributed by atoms with van der Waals surface area (Å²) in [6.07, 6.45) is 4.22. The number of furan rings is 1. The molecule has 0 bridgehead atoms. The average Bonchev–Trinajstić information content (AvgIpc) is 3.32. The predicted octanol–water partition coefficient (Wildman–Crippen LogP) is 3.67. The molecule has 0 aliphatic heterocycles. The lowest BCUT2D eigenvalue weighted by molar-refractivity contribution is -0.148. The fourth-order valence-electron chi connectivity index (χ4n) is 2.27. The Hall–Kier alpha value is -2.93. The van der Waals surface area contributed by atoms with E-state index in [9.17, 15) is 9.59 Å². The Kier molecular flexibility index (Phi) is 5.48. The van der Waals surface area contributed by atoms with Gasteiger partial charge in [0.1, 0.15) is 10.8 Å². The SMILES string of the molecule is C[C@H](c1nc2ccccc2s1)N(C)C(=O)COC(=O)/C=C/c1ccco1. The van der Waals surface area contributed by atoms with Crippen LogP contribution in [0.1, 0.15) is 23.7 Å². The summed E-state index contributed by atoms with van der Waals surface area (Å²) >= 11 is 1.55. The van der Waals surface area contributed by atoms with Crippen molar-refractivity contribution in [3.63, 3.8) is 0 Å². The maximum atomic E-state index is 12.3. The number of thiazole rings is 1. The number of fused-ring (bicyclic) bond motifs is 1. The van der Waals surface area contributed by atoms with Crippen LogP contribution in [0.3, 0.4) is 0 Å². The Morgan fingerprint density at radius 2 is 2.12 bits per heavy atom. The minimum atomic E-state index is -0.601. The average molecular weight is 370 g/mol. The fraction of sp³-hybridized carbons (Fsp3) is 0.211. The molecular weight excluding hydrogens is 352 g/mol. The van der Waals surface area contributed by atoms with Crippen molar-refractivity contribution in [3.8, 4) is 0 Å². The fourth-order valence-corrected chi connectivity index (χ4v) is 3.33. The number of para-hydroxylation sites is 1. The zero-order chi connectivity index (χ0) is 18.5. The largest absolute Gasteiger partial charge is 0.465 e. The predicted molar refractivity (Wildman–Crippen MR) is 99.5 cm³/mol. The lowest BCUT2D eigenvalue weighted by atomic mass is 10.3. The van der Waals surface area contributed by atoms with E-state index >= 15 is 0 Å². The Labute approximate surface area is 154 Å². The number of amides is 1. The molecule has 1 amide bonds. The smallest absolute Gasteiger partial charge is 0.331 e. The number of benzene rings is 1. The number of aromatic nitrogens is 1. The summed E-state index contributed by atoms with van der Waals surface area (Å²) < 4.78 is 11.1. The Morgan fingerprint density at radius 1 is 1.31 bits per heavy atom. The second kappa shape index (κ2) is 7.97. The molecule has 6 nitrogen and oxygen atoms in total. The van der Waals surface area contributed by atoms with Crippen molar-refractivity contribution < 1.29 is 18.7 Å². The third-order valence-electron chi connectivity index (χ3n) is 3.91. The highest BCUT2D eigenvalue weighted by Crippen LogP contribution is 2.28. The van der Waals surface area contributed by atoms with Crippen molar-refractivity contribution in [3.05, 3.63) is 59.5 Å². The molecular formula is C19H18N2O4S. The molecule has 0 saturated carbocycles. The van der Waals surface area contributed by atoms with E-state index in [2.05, 4.69) is 4.98 Å². The van der Waals surface area contributed by atoms with Crippen molar-refractivity contribution in [1.82, 2.24) is 9.88 Å². The molecule has 3 rings (SSSR count). The van der Waals surface area contributed by atoms with Crippen LogP contribution >= 0.6 is 11.3 Å². The van der Waals surface area contributed by atoms with Gasteiger partial charge in [0.15, 0.2) is 6.61 Å². The molecule has 0 N–H and O–H groups in total. The second-order valence-corrected chi connectivity index (χ2v) is 6.72. The van der Waals surface area contributed by atoms with E-state index in [4.69, 9.17) is 9.15 Å². The molecule has 134 valence electrons. The lowest BCUT2D eigenvalue weighted by Gasteiger charge is -2.22. The minimum Gasteiger partial charge on any atom is -0.465 e. The van der Waals surface area contributed by atoms with Gasteiger partial charge in [0.2, 0.25) is 0 Å². The number of carbonyl (C=O) groups is 2. The molecule has 3 aromatic rings. The minimum absolute atomic E-state index is 0.211. The zero-order valence-electron chi connectivity index (χ0n) is 14.4. The van der Waals surface area contributed by atoms with Crippen LogP contribution < -0.4 is 0 Å². The number of esters is 1. The van der Waals surface area contributed by atoms with Crippen LogP contribution in [0.15, 0.2) is 53.2 Å². The van der Waals surface area contributed by atoms with Crippen LogP contribution in [0.2, 0.25) is 0 Å². The van der Waals surface area contributed by atoms with Crippen LogP contribution in [0.5, 0.6) is 0 Å². The van der Waals surface area contributed by atoms with Crippen molar-refractivity contribution in [2.45, 2.75) is 13.0 Å². The first-order valence-electron chi connectivity index (χ1n) is 8.04. The molecule has 26 heavy (non-hydrogen) atoms. The topological polar surface area (TPSA) is 72.6 Å². The zero-order valence-corrected chi connectivity index (χ0v) is 15.2. The van der Waals surface area contributed by atoms with E-state index in [1.54, 1.807) is 30.5 Å². The van der Waals surface area contributed by atoms with Crippen molar-refractivity contribution in [2.75, 3.05) is 13.7 Å². The summed E-state index contributed by atoms with van der Waals surface area (Å²) in [4.78, 5) is 30.1. The van der Waals surface area contributed by atoms with Gasteiger partial charge in [0.05, 0.1) is 22.5 Å². The summed E-state index contributed by atoms with van der Waals surface area (Å²) in [5.74, 6) is -0.359. The van der Waals surface area contributed by atoms with Gasteiger partial charge >= 0.3 is 5.97 Å². The summed E-state index contributed by atoms with van der Waals surface area (Å²) in [6.45, 7) is 1.57. The summed E-state index contributed by atoms with van der Waals surface area (Å²) in [5.41, 5.74) is 0.912. The van der Waals surface area contributed by atoms with Gasteiger partial charge in [-0.3, -0.25) is 4.79 Å². The summed E-state index contributed by atoms with van der Waals surface area (Å²) in [5, 5.41) is 0.839. The lowest BCUT2D eigenvalue weighted by Crippen LogP contribution is -2.33. The first-order chi connectivity index (χ1) is 12.5. The van der Waals surface area contributed by atoms with Gasteiger partial charge in [-0.15, -0.1) is 11.3 Å². The molecule has 2 heterocycles. The number of rotatable bonds is 6. The van der Waals surface area contributed by atoms with Gasteiger partial charge in [0, 0.05) is 13.1 Å². The van der Waals surface area contributed by atoms with E-state index in [0.717, 1.165) is 15.2 Å². The van der Waals surface area contributed by atoms with Gasteiger partial charge in [0.25, 0.3) is 5.91 Å². The monoisotopic (exact) mass is 370 g/mol. The summed E-state index contributed by atoms with van der Waals surface area (Å²) in [7, 11) is 1.67. The Bertz CT molecular complexity index is 897. The third-order valence-corrected chi connectivity index (χ3v) is 5.11. The van der Waals surface area contributed by atoms with Crippen molar-refractivity contribution in [1.29, 1.82) is 0 Å². The number of hydrogen-bond acceptors (Lipinski definition) is 6. The van der Waals surface area contributed by atoms with Gasteiger partial charge < -0.3 is 14.1 Å². The van der Waals surface area contributed by atoms with E-state index in [1.165, 1.54) is 23.3 Å². The first kappa shape index (κ1) is 17.9. The van der Waals surface area contributed by atoms with Gasteiger partial charge in [-0.2, -0.15) is 0 Å². The molecule has 0 fully saturated rings. The molecule has 7 heteroatoms. The Morgan fingerprint density at radius 3 is 2.85 bits per heavy atom. The van der Waals surface area contributed by atoms with Crippen LogP contribution in [0.25, 0.3) is 16.3 Å². The first-order valence-corrected chi connectivity index (χ1v) is 8.85. The number of hydrogen-bond donors (Lipinski definition) is 0. The highest BCUT2D eigenvalue weighted by atomic mass is 32.1. The standard InChI is InChI=1S/C19H18N2O4S/c1-13(19-20-15-7-3-4-8-16(15)26-19)21(2)17(22)12-25-18(23)10-9-14-6-5-11-24-14/h3-11,13H,12H2,1-2H3/b10-9+/t13-/m1/s1. The molecule has 0 radical (unpaired) electrons. The Balaban J connectivity index is 1.55. The maximum Gasteiger partial charge on any atom is 0.331 e. The molecule has 0 saturated heterocycles. The van der Waals surface area contributed by atoms with Crippen molar-refractivity contribution in [2.24, 2.45) is 0 Å². The quantitative estimate of drug-likeness (QED) is 0.489. The number of nitrogens with zero attached hydrogens (tertiary/aromatic N) is 2. The van der Waals surface area contributed by atoms with Crippen LogP contribution in [-0.4, -0.2) is 35.4 Å².